The lowest BCUT2D eigenvalue weighted by molar-refractivity contribution is -0.129. The Kier molecular flexibility index (Phi) is 5.61. The van der Waals surface area contributed by atoms with Gasteiger partial charge in [-0.05, 0) is 41.1 Å². The van der Waals surface area contributed by atoms with Crippen LogP contribution in [-0.2, 0) is 4.79 Å². The second-order valence-corrected chi connectivity index (χ2v) is 8.90. The first kappa shape index (κ1) is 21.2. The third-order valence-electron chi connectivity index (χ3n) is 6.23. The molecule has 1 atom stereocenters. The van der Waals surface area contributed by atoms with E-state index >= 15 is 0 Å². The molecule has 2 heterocycles. The molecule has 3 aromatic rings. The molecule has 0 aliphatic carbocycles. The minimum Gasteiger partial charge on any atom is -0.497 e. The van der Waals surface area contributed by atoms with Crippen molar-refractivity contribution in [1.82, 2.24) is 4.90 Å². The fraction of sp³-hybridized carbons (Fsp3) is 0.231. The Bertz CT molecular complexity index is 1300. The second-order valence-electron chi connectivity index (χ2n) is 7.96. The summed E-state index contributed by atoms with van der Waals surface area (Å²) < 4.78 is 10.9. The van der Waals surface area contributed by atoms with E-state index < -0.39 is 0 Å². The van der Waals surface area contributed by atoms with Crippen molar-refractivity contribution in [3.8, 4) is 17.6 Å². The molecule has 1 saturated heterocycles. The number of nitrogens with zero attached hydrogens (tertiary/aromatic N) is 3. The number of thioether (sulfide) groups is 1. The predicted molar refractivity (Wildman–Crippen MR) is 130 cm³/mol. The first-order chi connectivity index (χ1) is 16.1. The number of rotatable bonds is 4. The quantitative estimate of drug-likeness (QED) is 0.545. The van der Waals surface area contributed by atoms with Crippen LogP contribution in [0.1, 0.15) is 17.9 Å². The van der Waals surface area contributed by atoms with E-state index in [1.807, 2.05) is 60.7 Å². The monoisotopic (exact) mass is 457 g/mol. The summed E-state index contributed by atoms with van der Waals surface area (Å²) in [5, 5.41) is 13.0. The maximum Gasteiger partial charge on any atom is 0.229 e. The number of hydrogen-bond donors (Lipinski definition) is 0. The smallest absolute Gasteiger partial charge is 0.229 e. The topological polar surface area (TPSA) is 65.8 Å². The van der Waals surface area contributed by atoms with Crippen molar-refractivity contribution in [2.45, 2.75) is 12.3 Å². The standard InChI is InChI=1S/C26H23N3O3S/c1-31-19-10-8-18(9-11-19)28-15-29-24(30)13-21(22(14-27)26(29)33-16-28)25-20-6-4-3-5-17(20)7-12-23(25)32-2/h3-12,21H,13,15-16H2,1-2H3. The maximum atomic E-state index is 13.4. The first-order valence-electron chi connectivity index (χ1n) is 10.7. The number of allylic oxidation sites excluding steroid dienone is 1. The van der Waals surface area contributed by atoms with Gasteiger partial charge in [0, 0.05) is 23.6 Å². The van der Waals surface area contributed by atoms with Gasteiger partial charge in [0.15, 0.2) is 0 Å². The number of fused-ring (bicyclic) bond motifs is 2. The molecular weight excluding hydrogens is 434 g/mol. The third-order valence-corrected chi connectivity index (χ3v) is 7.38. The van der Waals surface area contributed by atoms with Crippen molar-refractivity contribution in [3.05, 3.63) is 76.8 Å². The van der Waals surface area contributed by atoms with Crippen LogP contribution >= 0.6 is 11.8 Å². The highest BCUT2D eigenvalue weighted by Gasteiger charge is 2.39. The minimum atomic E-state index is -0.338. The summed E-state index contributed by atoms with van der Waals surface area (Å²) in [6, 6.07) is 22.2. The fourth-order valence-electron chi connectivity index (χ4n) is 4.58. The van der Waals surface area contributed by atoms with Gasteiger partial charge in [-0.15, -0.1) is 0 Å². The van der Waals surface area contributed by atoms with Crippen molar-refractivity contribution in [1.29, 1.82) is 5.26 Å². The van der Waals surface area contributed by atoms with Crippen LogP contribution in [0, 0.1) is 11.3 Å². The third kappa shape index (κ3) is 3.66. The number of anilines is 1. The number of nitriles is 1. The van der Waals surface area contributed by atoms with Gasteiger partial charge in [-0.2, -0.15) is 5.26 Å². The van der Waals surface area contributed by atoms with Gasteiger partial charge in [-0.25, -0.2) is 0 Å². The molecule has 0 aromatic heterocycles. The lowest BCUT2D eigenvalue weighted by atomic mass is 9.83. The van der Waals surface area contributed by atoms with E-state index in [1.54, 1.807) is 19.1 Å². The van der Waals surface area contributed by atoms with Gasteiger partial charge in [0.05, 0.1) is 43.4 Å². The largest absolute Gasteiger partial charge is 0.497 e. The zero-order valence-electron chi connectivity index (χ0n) is 18.4. The number of methoxy groups -OCH3 is 2. The summed E-state index contributed by atoms with van der Waals surface area (Å²) in [7, 11) is 3.27. The lowest BCUT2D eigenvalue weighted by Crippen LogP contribution is -2.47. The summed E-state index contributed by atoms with van der Waals surface area (Å²) in [6.45, 7) is 0.415. The summed E-state index contributed by atoms with van der Waals surface area (Å²) in [5.41, 5.74) is 2.54. The highest BCUT2D eigenvalue weighted by molar-refractivity contribution is 8.03. The van der Waals surface area contributed by atoms with Gasteiger partial charge in [-0.1, -0.05) is 42.1 Å². The molecule has 7 heteroatoms. The number of ether oxygens (including phenoxy) is 2. The van der Waals surface area contributed by atoms with E-state index in [-0.39, 0.29) is 18.2 Å². The Morgan fingerprint density at radius 2 is 1.82 bits per heavy atom. The van der Waals surface area contributed by atoms with Gasteiger partial charge >= 0.3 is 0 Å². The normalized spacial score (nSPS) is 18.2. The molecule has 1 fully saturated rings. The molecule has 0 bridgehead atoms. The molecule has 0 N–H and O–H groups in total. The first-order valence-corrected chi connectivity index (χ1v) is 11.6. The highest BCUT2D eigenvalue weighted by atomic mass is 32.2. The fourth-order valence-corrected chi connectivity index (χ4v) is 5.75. The molecule has 1 amide bonds. The molecule has 1 unspecified atom stereocenters. The zero-order valence-corrected chi connectivity index (χ0v) is 19.3. The number of carbonyl (C=O) groups is 1. The molecule has 0 saturated carbocycles. The Morgan fingerprint density at radius 1 is 1.03 bits per heavy atom. The van der Waals surface area contributed by atoms with Crippen LogP contribution in [-0.4, -0.2) is 37.6 Å². The molecule has 2 aliphatic rings. The highest BCUT2D eigenvalue weighted by Crippen LogP contribution is 2.47. The van der Waals surface area contributed by atoms with E-state index in [0.717, 1.165) is 32.8 Å². The Morgan fingerprint density at radius 3 is 2.55 bits per heavy atom. The van der Waals surface area contributed by atoms with Gasteiger partial charge in [0.1, 0.15) is 11.5 Å². The Balaban J connectivity index is 1.54. The number of carbonyl (C=O) groups excluding carboxylic acids is 1. The predicted octanol–water partition coefficient (Wildman–Crippen LogP) is 5.08. The SMILES string of the molecule is COc1ccc(N2CSC3=C(C#N)C(c4c(OC)ccc5ccccc45)CC(=O)N3C2)cc1. The molecule has 0 spiro atoms. The van der Waals surface area contributed by atoms with Crippen LogP contribution in [0.3, 0.4) is 0 Å². The summed E-state index contributed by atoms with van der Waals surface area (Å²) >= 11 is 1.53. The van der Waals surface area contributed by atoms with Crippen molar-refractivity contribution in [2.24, 2.45) is 0 Å². The molecule has 2 aliphatic heterocycles. The molecule has 6 nitrogen and oxygen atoms in total. The maximum absolute atomic E-state index is 13.4. The van der Waals surface area contributed by atoms with Crippen LogP contribution < -0.4 is 14.4 Å². The molecule has 33 heavy (non-hydrogen) atoms. The van der Waals surface area contributed by atoms with Crippen LogP contribution in [0.4, 0.5) is 5.69 Å². The van der Waals surface area contributed by atoms with Crippen LogP contribution in [0.15, 0.2) is 71.3 Å². The Hall–Kier alpha value is -3.63. The Labute approximate surface area is 197 Å². The van der Waals surface area contributed by atoms with Gasteiger partial charge in [-0.3, -0.25) is 9.69 Å². The summed E-state index contributed by atoms with van der Waals surface area (Å²) in [4.78, 5) is 17.2. The molecule has 5 rings (SSSR count). The average molecular weight is 458 g/mol. The van der Waals surface area contributed by atoms with Gasteiger partial charge in [0.25, 0.3) is 0 Å². The minimum absolute atomic E-state index is 0.00898. The van der Waals surface area contributed by atoms with E-state index in [0.29, 0.717) is 23.9 Å². The van der Waals surface area contributed by atoms with Crippen LogP contribution in [0.5, 0.6) is 11.5 Å². The van der Waals surface area contributed by atoms with E-state index in [1.165, 1.54) is 11.8 Å². The molecule has 0 radical (unpaired) electrons. The second kappa shape index (κ2) is 8.72. The molecular formula is C26H23N3O3S. The van der Waals surface area contributed by atoms with Gasteiger partial charge < -0.3 is 14.4 Å². The van der Waals surface area contributed by atoms with Gasteiger partial charge in [0.2, 0.25) is 5.91 Å². The van der Waals surface area contributed by atoms with Crippen LogP contribution in [0.2, 0.25) is 0 Å². The summed E-state index contributed by atoms with van der Waals surface area (Å²) in [5.74, 6) is 1.81. The average Bonchev–Trinajstić information content (AvgIpc) is 2.87. The van der Waals surface area contributed by atoms with Crippen molar-refractivity contribution in [2.75, 3.05) is 31.7 Å². The van der Waals surface area contributed by atoms with Crippen LogP contribution in [0.25, 0.3) is 10.8 Å². The van der Waals surface area contributed by atoms with E-state index in [9.17, 15) is 10.1 Å². The van der Waals surface area contributed by atoms with E-state index in [4.69, 9.17) is 9.47 Å². The van der Waals surface area contributed by atoms with Crippen molar-refractivity contribution >= 4 is 34.1 Å². The lowest BCUT2D eigenvalue weighted by Gasteiger charge is -2.42. The van der Waals surface area contributed by atoms with Crippen molar-refractivity contribution in [3.63, 3.8) is 0 Å². The number of benzene rings is 3. The zero-order chi connectivity index (χ0) is 22.9. The van der Waals surface area contributed by atoms with E-state index in [2.05, 4.69) is 11.0 Å². The molecule has 166 valence electrons. The summed E-state index contributed by atoms with van der Waals surface area (Å²) in [6.07, 6.45) is 0.230. The van der Waals surface area contributed by atoms with Crippen molar-refractivity contribution < 1.29 is 14.3 Å². The number of amides is 1. The molecule has 3 aromatic carbocycles. The number of hydrogen-bond acceptors (Lipinski definition) is 6.